The van der Waals surface area contributed by atoms with Crippen molar-refractivity contribution in [1.29, 1.82) is 16.2 Å². The fraction of sp³-hybridized carbons (Fsp3) is 0.357. The highest BCUT2D eigenvalue weighted by Crippen LogP contribution is 2.32. The number of unbranched alkanes of at least 4 members (excludes halogenated alkanes) is 1. The zero-order valence-corrected chi connectivity index (χ0v) is 25.6. The number of carbonyl (C=O) groups excluding carboxylic acids is 2. The van der Waals surface area contributed by atoms with Gasteiger partial charge in [-0.05, 0) is 61.3 Å². The van der Waals surface area contributed by atoms with Crippen LogP contribution in [0.1, 0.15) is 36.8 Å². The van der Waals surface area contributed by atoms with Gasteiger partial charge in [0, 0.05) is 11.1 Å². The number of benzene rings is 2. The van der Waals surface area contributed by atoms with Crippen LogP contribution in [-0.2, 0) is 22.4 Å². The molecule has 6 N–H and O–H groups in total. The second-order valence-electron chi connectivity index (χ2n) is 8.64. The Bertz CT molecular complexity index is 1330. The van der Waals surface area contributed by atoms with Gasteiger partial charge in [0.25, 0.3) is 5.91 Å². The fourth-order valence-electron chi connectivity index (χ4n) is 3.83. The van der Waals surface area contributed by atoms with Crippen molar-refractivity contribution in [2.75, 3.05) is 28.4 Å². The summed E-state index contributed by atoms with van der Waals surface area (Å²) in [7, 11) is 6.01. The van der Waals surface area contributed by atoms with E-state index in [1.807, 2.05) is 0 Å². The highest BCUT2D eigenvalue weighted by atomic mass is 32.2. The highest BCUT2D eigenvalue weighted by molar-refractivity contribution is 8.26. The molecule has 226 valence electrons. The molecule has 0 aliphatic carbocycles. The molecular formula is C28H36N6O6S2. The maximum absolute atomic E-state index is 12.4. The molecule has 2 aromatic carbocycles. The second kappa shape index (κ2) is 17.7. The van der Waals surface area contributed by atoms with E-state index in [1.165, 1.54) is 28.4 Å². The molecule has 0 saturated heterocycles. The smallest absolute Gasteiger partial charge is 0.252 e. The van der Waals surface area contributed by atoms with Crippen molar-refractivity contribution in [3.63, 3.8) is 0 Å². The molecule has 2 aromatic rings. The van der Waals surface area contributed by atoms with Crippen LogP contribution in [0.5, 0.6) is 23.0 Å². The first-order chi connectivity index (χ1) is 20.1. The summed E-state index contributed by atoms with van der Waals surface area (Å²) in [6.07, 6.45) is 1.94. The molecular weight excluding hydrogens is 580 g/mol. The molecule has 42 heavy (non-hydrogen) atoms. The number of carbonyl (C=O) groups is 2. The van der Waals surface area contributed by atoms with E-state index in [9.17, 15) is 9.59 Å². The predicted octanol–water partition coefficient (Wildman–Crippen LogP) is 4.38. The van der Waals surface area contributed by atoms with Crippen molar-refractivity contribution in [1.82, 2.24) is 5.32 Å². The SMILES string of the molecule is COc1cccc(CC(=O)N=C(N)SC(=N)CCCCC(=N)SC(=N)NC(=O)Cc2cccc(OC)c2OC)c1OC. The van der Waals surface area contributed by atoms with Crippen molar-refractivity contribution in [3.8, 4) is 23.0 Å². The van der Waals surface area contributed by atoms with E-state index >= 15 is 0 Å². The first kappa shape index (κ1) is 34.2. The van der Waals surface area contributed by atoms with Gasteiger partial charge in [-0.2, -0.15) is 4.99 Å². The number of rotatable bonds is 13. The summed E-state index contributed by atoms with van der Waals surface area (Å²) in [6, 6.07) is 10.4. The summed E-state index contributed by atoms with van der Waals surface area (Å²) in [4.78, 5) is 28.7. The van der Waals surface area contributed by atoms with Gasteiger partial charge in [0.2, 0.25) is 5.91 Å². The van der Waals surface area contributed by atoms with E-state index in [0.717, 1.165) is 23.5 Å². The van der Waals surface area contributed by atoms with Gasteiger partial charge in [0.15, 0.2) is 33.3 Å². The van der Waals surface area contributed by atoms with Crippen LogP contribution in [0.15, 0.2) is 41.4 Å². The van der Waals surface area contributed by atoms with Gasteiger partial charge in [-0.1, -0.05) is 24.3 Å². The van der Waals surface area contributed by atoms with Gasteiger partial charge in [0.05, 0.1) is 51.4 Å². The molecule has 0 radical (unpaired) electrons. The Morgan fingerprint density at radius 2 is 1.29 bits per heavy atom. The molecule has 2 amide bonds. The summed E-state index contributed by atoms with van der Waals surface area (Å²) < 4.78 is 21.2. The third-order valence-corrected chi connectivity index (χ3v) is 7.17. The van der Waals surface area contributed by atoms with Gasteiger partial charge in [-0.15, -0.1) is 0 Å². The number of aliphatic imine (C=N–C) groups is 1. The van der Waals surface area contributed by atoms with Crippen LogP contribution < -0.4 is 30.0 Å². The van der Waals surface area contributed by atoms with E-state index < -0.39 is 11.8 Å². The van der Waals surface area contributed by atoms with Gasteiger partial charge in [0.1, 0.15) is 0 Å². The third-order valence-electron chi connectivity index (χ3n) is 5.66. The minimum absolute atomic E-state index is 0.0103. The molecule has 0 unspecified atom stereocenters. The number of ether oxygens (including phenoxy) is 4. The van der Waals surface area contributed by atoms with Crippen molar-refractivity contribution >= 4 is 55.8 Å². The topological polar surface area (TPSA) is 193 Å². The Labute approximate surface area is 253 Å². The lowest BCUT2D eigenvalue weighted by Gasteiger charge is -2.12. The quantitative estimate of drug-likeness (QED) is 0.123. The van der Waals surface area contributed by atoms with E-state index in [-0.39, 0.29) is 33.3 Å². The minimum atomic E-state index is -0.470. The van der Waals surface area contributed by atoms with E-state index in [1.54, 1.807) is 36.4 Å². The standard InChI is InChI=1S/C28H36N6O6S2/c1-37-19-11-7-9-17(25(19)39-3)15-23(35)33-27(31)41-21(29)13-5-6-14-22(30)42-28(32)34-24(36)16-18-10-8-12-20(38-2)26(18)40-4/h7-12,29-30H,5-6,13-16H2,1-4H3,(H2,31,33,35)(H2,32,34,36). The summed E-state index contributed by atoms with van der Waals surface area (Å²) >= 11 is 1.78. The molecule has 0 aromatic heterocycles. The van der Waals surface area contributed by atoms with E-state index in [0.29, 0.717) is 59.8 Å². The Morgan fingerprint density at radius 1 is 0.786 bits per heavy atom. The van der Waals surface area contributed by atoms with Gasteiger partial charge < -0.3 is 30.0 Å². The normalized spacial score (nSPS) is 10.9. The average molecular weight is 617 g/mol. The van der Waals surface area contributed by atoms with E-state index in [2.05, 4.69) is 10.3 Å². The number of thioether (sulfide) groups is 2. The van der Waals surface area contributed by atoms with Crippen LogP contribution in [0.2, 0.25) is 0 Å². The summed E-state index contributed by atoms with van der Waals surface area (Å²) in [6.45, 7) is 0. The van der Waals surface area contributed by atoms with Gasteiger partial charge >= 0.3 is 0 Å². The van der Waals surface area contributed by atoms with Crippen LogP contribution in [0.25, 0.3) is 0 Å². The molecule has 0 spiro atoms. The van der Waals surface area contributed by atoms with Crippen LogP contribution in [0.3, 0.4) is 0 Å². The Hall–Kier alpha value is -4.04. The zero-order valence-electron chi connectivity index (χ0n) is 24.0. The first-order valence-electron chi connectivity index (χ1n) is 12.8. The van der Waals surface area contributed by atoms with Crippen molar-refractivity contribution in [3.05, 3.63) is 47.5 Å². The summed E-state index contributed by atoms with van der Waals surface area (Å²) in [5.74, 6) is 1.06. The number of hydrogen-bond acceptors (Lipinski definition) is 11. The maximum atomic E-state index is 12.4. The molecule has 0 aliphatic heterocycles. The number of para-hydroxylation sites is 2. The van der Waals surface area contributed by atoms with Crippen LogP contribution in [0, 0.1) is 16.2 Å². The molecule has 0 bridgehead atoms. The fourth-order valence-corrected chi connectivity index (χ4v) is 5.13. The number of nitrogens with one attached hydrogen (secondary N) is 4. The summed E-state index contributed by atoms with van der Waals surface area (Å²) in [5.41, 5.74) is 7.10. The lowest BCUT2D eigenvalue weighted by atomic mass is 10.1. The number of hydrogen-bond donors (Lipinski definition) is 5. The van der Waals surface area contributed by atoms with Gasteiger partial charge in [-0.25, -0.2) is 0 Å². The first-order valence-corrected chi connectivity index (χ1v) is 14.4. The average Bonchev–Trinajstić information content (AvgIpc) is 2.94. The molecule has 0 atom stereocenters. The molecule has 0 fully saturated rings. The lowest BCUT2D eigenvalue weighted by Crippen LogP contribution is -2.30. The van der Waals surface area contributed by atoms with E-state index in [4.69, 9.17) is 40.9 Å². The Balaban J connectivity index is 1.71. The Kier molecular flexibility index (Phi) is 14.4. The molecule has 0 aliphatic rings. The third kappa shape index (κ3) is 11.1. The number of amidine groups is 2. The highest BCUT2D eigenvalue weighted by Gasteiger charge is 2.16. The monoisotopic (exact) mass is 616 g/mol. The summed E-state index contributed by atoms with van der Waals surface area (Å²) in [5, 5.41) is 27.0. The number of nitrogens with two attached hydrogens (primary N) is 1. The lowest BCUT2D eigenvalue weighted by molar-refractivity contribution is -0.119. The van der Waals surface area contributed by atoms with Crippen LogP contribution >= 0.6 is 23.5 Å². The van der Waals surface area contributed by atoms with Crippen LogP contribution in [0.4, 0.5) is 0 Å². The van der Waals surface area contributed by atoms with Crippen molar-refractivity contribution in [2.45, 2.75) is 38.5 Å². The minimum Gasteiger partial charge on any atom is -0.493 e. The number of methoxy groups -OCH3 is 4. The number of amides is 2. The molecule has 12 nitrogen and oxygen atoms in total. The van der Waals surface area contributed by atoms with Crippen molar-refractivity contribution in [2.24, 2.45) is 10.7 Å². The molecule has 2 rings (SSSR count). The largest absolute Gasteiger partial charge is 0.493 e. The number of nitrogens with zero attached hydrogens (tertiary/aromatic N) is 1. The maximum Gasteiger partial charge on any atom is 0.252 e. The molecule has 0 saturated carbocycles. The van der Waals surface area contributed by atoms with Gasteiger partial charge in [-0.3, -0.25) is 25.8 Å². The zero-order chi connectivity index (χ0) is 31.1. The second-order valence-corrected chi connectivity index (χ2v) is 10.9. The predicted molar refractivity (Wildman–Crippen MR) is 168 cm³/mol. The van der Waals surface area contributed by atoms with Crippen molar-refractivity contribution < 1.29 is 28.5 Å². The van der Waals surface area contributed by atoms with Crippen LogP contribution in [-0.4, -0.2) is 60.7 Å². The molecule has 0 heterocycles. The molecule has 14 heteroatoms. The Morgan fingerprint density at radius 3 is 1.79 bits per heavy atom.